The van der Waals surface area contributed by atoms with Crippen LogP contribution in [0.4, 0.5) is 11.4 Å². The number of sulfonamides is 1. The number of hydrogen-bond donors (Lipinski definition) is 2. The Balaban J connectivity index is 1.60. The van der Waals surface area contributed by atoms with Crippen LogP contribution in [-0.4, -0.2) is 44.7 Å². The SMILES string of the molecule is CNC(=O)c1ccccc1NC(=O)c1ccc2c(c1)SC1=NS(=O)(=O)CCN12. The molecule has 10 heteroatoms. The Labute approximate surface area is 166 Å². The molecule has 2 N–H and O–H groups in total. The van der Waals surface area contributed by atoms with Gasteiger partial charge in [-0.05, 0) is 42.1 Å². The molecule has 0 spiro atoms. The van der Waals surface area contributed by atoms with E-state index in [1.54, 1.807) is 42.5 Å². The molecule has 0 radical (unpaired) electrons. The number of para-hydroxylation sites is 1. The van der Waals surface area contributed by atoms with Gasteiger partial charge in [0, 0.05) is 24.1 Å². The van der Waals surface area contributed by atoms with Crippen molar-refractivity contribution in [2.45, 2.75) is 4.90 Å². The topological polar surface area (TPSA) is 108 Å². The summed E-state index contributed by atoms with van der Waals surface area (Å²) >= 11 is 1.22. The average molecular weight is 416 g/mol. The fraction of sp³-hybridized carbons (Fsp3) is 0.167. The molecule has 0 aromatic heterocycles. The van der Waals surface area contributed by atoms with Crippen molar-refractivity contribution in [3.8, 4) is 0 Å². The Morgan fingerprint density at radius 2 is 1.93 bits per heavy atom. The molecule has 0 bridgehead atoms. The zero-order valence-electron chi connectivity index (χ0n) is 14.8. The molecule has 2 aromatic rings. The average Bonchev–Trinajstić information content (AvgIpc) is 3.02. The van der Waals surface area contributed by atoms with Crippen LogP contribution in [-0.2, 0) is 10.0 Å². The lowest BCUT2D eigenvalue weighted by Crippen LogP contribution is -2.35. The summed E-state index contributed by atoms with van der Waals surface area (Å²) in [6.07, 6.45) is 0. The Bertz CT molecular complexity index is 1130. The summed E-state index contributed by atoms with van der Waals surface area (Å²) in [5, 5.41) is 5.71. The first-order chi connectivity index (χ1) is 13.4. The number of nitrogens with one attached hydrogen (secondary N) is 2. The van der Waals surface area contributed by atoms with Crippen molar-refractivity contribution in [2.75, 3.05) is 29.6 Å². The molecule has 8 nitrogen and oxygen atoms in total. The summed E-state index contributed by atoms with van der Waals surface area (Å²) in [6, 6.07) is 11.9. The highest BCUT2D eigenvalue weighted by molar-refractivity contribution is 8.15. The van der Waals surface area contributed by atoms with Gasteiger partial charge in [0.25, 0.3) is 21.8 Å². The van der Waals surface area contributed by atoms with E-state index in [9.17, 15) is 18.0 Å². The van der Waals surface area contributed by atoms with E-state index >= 15 is 0 Å². The van der Waals surface area contributed by atoms with Crippen LogP contribution in [0.3, 0.4) is 0 Å². The number of carbonyl (C=O) groups is 2. The number of benzene rings is 2. The van der Waals surface area contributed by atoms with E-state index < -0.39 is 10.0 Å². The standard InChI is InChI=1S/C18H16N4O4S2/c1-19-17(24)12-4-2-3-5-13(12)20-16(23)11-6-7-14-15(10-11)27-18-21-28(25,26)9-8-22(14)18/h2-7,10H,8-9H2,1H3,(H,19,24)(H,20,23). The summed E-state index contributed by atoms with van der Waals surface area (Å²) in [6.45, 7) is 0.339. The molecule has 0 saturated heterocycles. The Kier molecular flexibility index (Phi) is 4.60. The van der Waals surface area contributed by atoms with Crippen LogP contribution >= 0.6 is 11.8 Å². The van der Waals surface area contributed by atoms with Crippen molar-refractivity contribution >= 4 is 50.1 Å². The summed E-state index contributed by atoms with van der Waals surface area (Å²) in [5.74, 6) is -0.689. The third kappa shape index (κ3) is 3.36. The fourth-order valence-electron chi connectivity index (χ4n) is 2.99. The maximum absolute atomic E-state index is 12.7. The fourth-order valence-corrected chi connectivity index (χ4v) is 5.29. The molecule has 0 fully saturated rings. The van der Waals surface area contributed by atoms with E-state index in [1.165, 1.54) is 18.8 Å². The number of rotatable bonds is 3. The largest absolute Gasteiger partial charge is 0.355 e. The minimum absolute atomic E-state index is 0.0327. The van der Waals surface area contributed by atoms with Crippen molar-refractivity contribution in [3.05, 3.63) is 53.6 Å². The molecule has 0 saturated carbocycles. The lowest BCUT2D eigenvalue weighted by atomic mass is 10.1. The van der Waals surface area contributed by atoms with Crippen molar-refractivity contribution in [2.24, 2.45) is 4.40 Å². The second-order valence-corrected chi connectivity index (χ2v) is 8.94. The van der Waals surface area contributed by atoms with Crippen LogP contribution in [0, 0.1) is 0 Å². The normalized spacial score (nSPS) is 16.6. The molecule has 0 aliphatic carbocycles. The third-order valence-corrected chi connectivity index (χ3v) is 6.69. The van der Waals surface area contributed by atoms with Gasteiger partial charge in [-0.15, -0.1) is 4.40 Å². The smallest absolute Gasteiger partial charge is 0.257 e. The highest BCUT2D eigenvalue weighted by atomic mass is 32.2. The van der Waals surface area contributed by atoms with Gasteiger partial charge in [0.2, 0.25) is 0 Å². The quantitative estimate of drug-likeness (QED) is 0.791. The third-order valence-electron chi connectivity index (χ3n) is 4.38. The van der Waals surface area contributed by atoms with E-state index in [-0.39, 0.29) is 17.6 Å². The van der Waals surface area contributed by atoms with Crippen LogP contribution in [0.25, 0.3) is 0 Å². The van der Waals surface area contributed by atoms with Gasteiger partial charge < -0.3 is 15.5 Å². The highest BCUT2D eigenvalue weighted by Gasteiger charge is 2.33. The van der Waals surface area contributed by atoms with Crippen molar-refractivity contribution in [3.63, 3.8) is 0 Å². The van der Waals surface area contributed by atoms with E-state index in [0.717, 1.165) is 10.6 Å². The molecule has 144 valence electrons. The summed E-state index contributed by atoms with van der Waals surface area (Å²) in [4.78, 5) is 27.3. The van der Waals surface area contributed by atoms with Gasteiger partial charge in [-0.1, -0.05) is 12.1 Å². The molecule has 2 aliphatic rings. The van der Waals surface area contributed by atoms with Crippen molar-refractivity contribution in [1.82, 2.24) is 5.32 Å². The molecule has 0 unspecified atom stereocenters. The monoisotopic (exact) mass is 416 g/mol. The minimum Gasteiger partial charge on any atom is -0.355 e. The summed E-state index contributed by atoms with van der Waals surface area (Å²) < 4.78 is 27.2. The molecule has 2 aliphatic heterocycles. The molecular formula is C18H16N4O4S2. The zero-order valence-corrected chi connectivity index (χ0v) is 16.4. The predicted octanol–water partition coefficient (Wildman–Crippen LogP) is 1.91. The number of thioether (sulfide) groups is 1. The minimum atomic E-state index is -3.43. The zero-order chi connectivity index (χ0) is 19.9. The number of amidine groups is 1. The first-order valence-electron chi connectivity index (χ1n) is 8.42. The van der Waals surface area contributed by atoms with Crippen LogP contribution in [0.5, 0.6) is 0 Å². The molecule has 0 atom stereocenters. The van der Waals surface area contributed by atoms with Crippen LogP contribution < -0.4 is 15.5 Å². The lowest BCUT2D eigenvalue weighted by Gasteiger charge is -2.22. The Morgan fingerprint density at radius 1 is 1.14 bits per heavy atom. The number of carbonyl (C=O) groups excluding carboxylic acids is 2. The highest BCUT2D eigenvalue weighted by Crippen LogP contribution is 2.42. The van der Waals surface area contributed by atoms with Crippen LogP contribution in [0.1, 0.15) is 20.7 Å². The number of amides is 2. The van der Waals surface area contributed by atoms with Crippen LogP contribution in [0.2, 0.25) is 0 Å². The van der Waals surface area contributed by atoms with Gasteiger partial charge in [0.05, 0.1) is 22.7 Å². The Morgan fingerprint density at radius 3 is 2.71 bits per heavy atom. The number of nitrogens with zero attached hydrogens (tertiary/aromatic N) is 2. The van der Waals surface area contributed by atoms with Gasteiger partial charge in [0.15, 0.2) is 5.17 Å². The molecular weight excluding hydrogens is 400 g/mol. The lowest BCUT2D eigenvalue weighted by molar-refractivity contribution is 0.0964. The molecule has 4 rings (SSSR count). The predicted molar refractivity (Wildman–Crippen MR) is 109 cm³/mol. The van der Waals surface area contributed by atoms with Gasteiger partial charge in [0.1, 0.15) is 0 Å². The maximum atomic E-state index is 12.7. The Hall–Kier alpha value is -2.85. The van der Waals surface area contributed by atoms with E-state index in [0.29, 0.717) is 28.5 Å². The number of hydrogen-bond acceptors (Lipinski definition) is 6. The summed E-state index contributed by atoms with van der Waals surface area (Å²) in [7, 11) is -1.90. The van der Waals surface area contributed by atoms with Crippen molar-refractivity contribution in [1.29, 1.82) is 0 Å². The van der Waals surface area contributed by atoms with Gasteiger partial charge in [-0.2, -0.15) is 0 Å². The van der Waals surface area contributed by atoms with Crippen LogP contribution in [0.15, 0.2) is 51.8 Å². The second-order valence-electron chi connectivity index (χ2n) is 6.17. The maximum Gasteiger partial charge on any atom is 0.257 e. The van der Waals surface area contributed by atoms with Crippen molar-refractivity contribution < 1.29 is 18.0 Å². The van der Waals surface area contributed by atoms with E-state index in [2.05, 4.69) is 15.0 Å². The first-order valence-corrected chi connectivity index (χ1v) is 10.8. The molecule has 28 heavy (non-hydrogen) atoms. The number of anilines is 2. The van der Waals surface area contributed by atoms with E-state index in [4.69, 9.17) is 0 Å². The summed E-state index contributed by atoms with van der Waals surface area (Å²) in [5.41, 5.74) is 2.01. The second kappa shape index (κ2) is 6.95. The van der Waals surface area contributed by atoms with Gasteiger partial charge in [-0.25, -0.2) is 8.42 Å². The van der Waals surface area contributed by atoms with E-state index in [1.807, 2.05) is 4.90 Å². The van der Waals surface area contributed by atoms with Gasteiger partial charge >= 0.3 is 0 Å². The molecule has 2 amide bonds. The molecule has 2 heterocycles. The van der Waals surface area contributed by atoms with Gasteiger partial charge in [-0.3, -0.25) is 9.59 Å². The molecule has 2 aromatic carbocycles. The first kappa shape index (κ1) is 18.5. The number of fused-ring (bicyclic) bond motifs is 3.